The van der Waals surface area contributed by atoms with Gasteiger partial charge in [-0.25, -0.2) is 0 Å². The summed E-state index contributed by atoms with van der Waals surface area (Å²) in [6.45, 7) is 16.9. The van der Waals surface area contributed by atoms with Crippen LogP contribution in [-0.4, -0.2) is 4.98 Å². The van der Waals surface area contributed by atoms with E-state index in [0.717, 1.165) is 0 Å². The number of rotatable bonds is 0. The number of aromatic nitrogens is 1. The average molecular weight is 377 g/mol. The van der Waals surface area contributed by atoms with Gasteiger partial charge in [-0.3, -0.25) is 4.98 Å². The number of benzene rings is 1. The van der Waals surface area contributed by atoms with Crippen LogP contribution >= 0.6 is 11.3 Å². The summed E-state index contributed by atoms with van der Waals surface area (Å²) in [6, 6.07) is 11.5. The molecule has 0 saturated heterocycles. The van der Waals surface area contributed by atoms with Gasteiger partial charge in [0.1, 0.15) is 0 Å². The van der Waals surface area contributed by atoms with Gasteiger partial charge in [0, 0.05) is 27.7 Å². The summed E-state index contributed by atoms with van der Waals surface area (Å²) in [5, 5.41) is 0. The number of hydrogen-bond donors (Lipinski definition) is 0. The molecule has 0 amide bonds. The first kappa shape index (κ1) is 17.2. The third kappa shape index (κ3) is 1.71. The number of anilines is 1. The van der Waals surface area contributed by atoms with Gasteiger partial charge in [0.05, 0.1) is 21.8 Å². The van der Waals surface area contributed by atoms with Gasteiger partial charge < -0.3 is 4.90 Å². The van der Waals surface area contributed by atoms with Gasteiger partial charge >= 0.3 is 0 Å². The van der Waals surface area contributed by atoms with Gasteiger partial charge in [-0.2, -0.15) is 0 Å². The molecule has 1 unspecified atom stereocenters. The third-order valence-electron chi connectivity index (χ3n) is 8.14. The summed E-state index contributed by atoms with van der Waals surface area (Å²) in [7, 11) is 0. The maximum atomic E-state index is 4.86. The number of aryl methyl sites for hydroxylation is 1. The summed E-state index contributed by atoms with van der Waals surface area (Å²) in [4.78, 5) is 9.07. The van der Waals surface area contributed by atoms with Crippen molar-refractivity contribution in [2.75, 3.05) is 4.90 Å². The molecule has 2 nitrogen and oxygen atoms in total. The Morgan fingerprint density at radius 3 is 2.52 bits per heavy atom. The van der Waals surface area contributed by atoms with E-state index in [1.807, 2.05) is 17.5 Å². The van der Waals surface area contributed by atoms with Crippen LogP contribution in [0.5, 0.6) is 0 Å². The zero-order valence-corrected chi connectivity index (χ0v) is 18.2. The first-order chi connectivity index (χ1) is 12.6. The molecule has 0 fully saturated rings. The second kappa shape index (κ2) is 4.94. The standard InChI is InChI=1S/C24H28N2S/c1-14-10-8-11-16-20(14)26-15(2)21-18(19-17(27-21)12-9-13-25-19)24(26,7)23(5,6)22(16,3)4/h8-13,15H,1-7H3/t15-,24?/m0/s1. The van der Waals surface area contributed by atoms with E-state index < -0.39 is 0 Å². The molecule has 2 aromatic heterocycles. The lowest BCUT2D eigenvalue weighted by Gasteiger charge is -2.62. The van der Waals surface area contributed by atoms with E-state index in [1.165, 1.54) is 37.5 Å². The minimum atomic E-state index is -0.100. The van der Waals surface area contributed by atoms with Crippen LogP contribution in [0.4, 0.5) is 5.69 Å². The van der Waals surface area contributed by atoms with Crippen molar-refractivity contribution in [3.05, 3.63) is 58.1 Å². The fourth-order valence-corrected chi connectivity index (χ4v) is 7.10. The molecule has 2 aliphatic heterocycles. The lowest BCUT2D eigenvalue weighted by molar-refractivity contribution is 0.0659. The molecule has 3 aromatic rings. The molecule has 5 rings (SSSR count). The van der Waals surface area contributed by atoms with E-state index >= 15 is 0 Å². The van der Waals surface area contributed by atoms with Crippen LogP contribution in [-0.2, 0) is 11.0 Å². The highest BCUT2D eigenvalue weighted by Crippen LogP contribution is 2.69. The van der Waals surface area contributed by atoms with E-state index in [2.05, 4.69) is 83.7 Å². The molecular formula is C24H28N2S. The van der Waals surface area contributed by atoms with E-state index in [-0.39, 0.29) is 16.4 Å². The van der Waals surface area contributed by atoms with Gasteiger partial charge in [-0.15, -0.1) is 11.3 Å². The summed E-state index contributed by atoms with van der Waals surface area (Å²) < 4.78 is 1.32. The number of para-hydroxylation sites is 1. The molecule has 2 aliphatic rings. The number of pyridine rings is 1. The molecule has 1 aromatic carbocycles. The van der Waals surface area contributed by atoms with E-state index in [9.17, 15) is 0 Å². The summed E-state index contributed by atoms with van der Waals surface area (Å²) >= 11 is 1.94. The van der Waals surface area contributed by atoms with Crippen molar-refractivity contribution >= 4 is 27.2 Å². The van der Waals surface area contributed by atoms with Gasteiger partial charge in [-0.1, -0.05) is 45.9 Å². The van der Waals surface area contributed by atoms with Crippen LogP contribution in [0.2, 0.25) is 0 Å². The Kier molecular flexibility index (Phi) is 3.15. The van der Waals surface area contributed by atoms with E-state index in [0.29, 0.717) is 6.04 Å². The van der Waals surface area contributed by atoms with Crippen LogP contribution in [0.3, 0.4) is 0 Å². The molecule has 0 bridgehead atoms. The fraction of sp³-hybridized carbons (Fsp3) is 0.458. The second-order valence-corrected chi connectivity index (χ2v) is 10.6. The predicted octanol–water partition coefficient (Wildman–Crippen LogP) is 6.72. The molecule has 0 aliphatic carbocycles. The van der Waals surface area contributed by atoms with Crippen molar-refractivity contribution in [2.24, 2.45) is 5.41 Å². The summed E-state index contributed by atoms with van der Waals surface area (Å²) in [5.74, 6) is 0. The van der Waals surface area contributed by atoms with Crippen molar-refractivity contribution < 1.29 is 0 Å². The minimum Gasteiger partial charge on any atom is -0.353 e. The summed E-state index contributed by atoms with van der Waals surface area (Å²) in [5.41, 5.74) is 6.93. The molecule has 4 heterocycles. The lowest BCUT2D eigenvalue weighted by Crippen LogP contribution is -2.62. The Hall–Kier alpha value is -1.87. The number of nitrogens with zero attached hydrogens (tertiary/aromatic N) is 2. The van der Waals surface area contributed by atoms with Crippen LogP contribution in [0.25, 0.3) is 10.2 Å². The number of fused-ring (bicyclic) bond motifs is 7. The molecule has 27 heavy (non-hydrogen) atoms. The van der Waals surface area contributed by atoms with Crippen molar-refractivity contribution in [1.82, 2.24) is 4.98 Å². The SMILES string of the molecule is Cc1cccc2c1N1[C@@H](C)c3sc4cccnc4c3C1(C)C(C)(C)C2(C)C. The summed E-state index contributed by atoms with van der Waals surface area (Å²) in [6.07, 6.45) is 1.95. The van der Waals surface area contributed by atoms with E-state index in [4.69, 9.17) is 4.98 Å². The smallest absolute Gasteiger partial charge is 0.0869 e. The fourth-order valence-electron chi connectivity index (χ4n) is 5.80. The molecule has 0 N–H and O–H groups in total. The Morgan fingerprint density at radius 2 is 1.78 bits per heavy atom. The first-order valence-corrected chi connectivity index (χ1v) is 10.7. The topological polar surface area (TPSA) is 16.1 Å². The van der Waals surface area contributed by atoms with Crippen LogP contribution in [0.1, 0.15) is 69.2 Å². The van der Waals surface area contributed by atoms with Crippen molar-refractivity contribution in [3.8, 4) is 0 Å². The van der Waals surface area contributed by atoms with Gasteiger partial charge in [0.25, 0.3) is 0 Å². The zero-order chi connectivity index (χ0) is 19.4. The normalized spacial score (nSPS) is 27.4. The van der Waals surface area contributed by atoms with Gasteiger partial charge in [-0.05, 0) is 49.4 Å². The molecule has 140 valence electrons. The largest absolute Gasteiger partial charge is 0.353 e. The molecule has 0 saturated carbocycles. The highest BCUT2D eigenvalue weighted by molar-refractivity contribution is 7.19. The highest BCUT2D eigenvalue weighted by atomic mass is 32.1. The quantitative estimate of drug-likeness (QED) is 0.433. The Labute approximate surface area is 166 Å². The molecule has 0 spiro atoms. The van der Waals surface area contributed by atoms with Crippen molar-refractivity contribution in [1.29, 1.82) is 0 Å². The highest BCUT2D eigenvalue weighted by Gasteiger charge is 2.65. The Balaban J connectivity index is 1.95. The van der Waals surface area contributed by atoms with Gasteiger partial charge in [0.15, 0.2) is 0 Å². The third-order valence-corrected chi connectivity index (χ3v) is 9.46. The first-order valence-electron chi connectivity index (χ1n) is 9.91. The maximum Gasteiger partial charge on any atom is 0.0869 e. The molecular weight excluding hydrogens is 348 g/mol. The van der Waals surface area contributed by atoms with Crippen LogP contribution < -0.4 is 4.90 Å². The zero-order valence-electron chi connectivity index (χ0n) is 17.3. The predicted molar refractivity (Wildman–Crippen MR) is 116 cm³/mol. The number of hydrogen-bond acceptors (Lipinski definition) is 3. The average Bonchev–Trinajstić information content (AvgIpc) is 3.10. The monoisotopic (exact) mass is 376 g/mol. The Morgan fingerprint density at radius 1 is 1.04 bits per heavy atom. The molecule has 2 atom stereocenters. The van der Waals surface area contributed by atoms with Crippen molar-refractivity contribution in [3.63, 3.8) is 0 Å². The second-order valence-electron chi connectivity index (χ2n) is 9.53. The molecule has 3 heteroatoms. The van der Waals surface area contributed by atoms with Crippen LogP contribution in [0, 0.1) is 12.3 Å². The lowest BCUT2D eigenvalue weighted by atomic mass is 9.51. The van der Waals surface area contributed by atoms with Gasteiger partial charge in [0.2, 0.25) is 0 Å². The van der Waals surface area contributed by atoms with Crippen LogP contribution in [0.15, 0.2) is 36.5 Å². The van der Waals surface area contributed by atoms with Crippen molar-refractivity contribution in [2.45, 2.75) is 65.5 Å². The minimum absolute atomic E-state index is 0.0336. The Bertz CT molecular complexity index is 1090. The maximum absolute atomic E-state index is 4.86. The van der Waals surface area contributed by atoms with E-state index in [1.54, 1.807) is 0 Å². The number of thiophene rings is 1. The molecule has 0 radical (unpaired) electrons.